The molecule has 0 amide bonds. The average molecular weight is 629 g/mol. The first-order valence-electron chi connectivity index (χ1n) is 16.8. The minimum absolute atomic E-state index is 0.0839. The molecule has 246 valence electrons. The summed E-state index contributed by atoms with van der Waals surface area (Å²) in [5.41, 5.74) is 0.910. The molecule has 7 unspecified atom stereocenters. The van der Waals surface area contributed by atoms with E-state index < -0.39 is 40.7 Å². The van der Waals surface area contributed by atoms with E-state index in [4.69, 9.17) is 14.2 Å². The molecular weight excluding hydrogens is 580 g/mol. The summed E-state index contributed by atoms with van der Waals surface area (Å²) in [4.78, 5) is 27.2. The maximum atomic E-state index is 13.9. The van der Waals surface area contributed by atoms with Crippen LogP contribution in [0.4, 0.5) is 0 Å². The number of hydrogen-bond donors (Lipinski definition) is 2. The number of aryl methyl sites for hydroxylation is 1. The van der Waals surface area contributed by atoms with Gasteiger partial charge in [0.25, 0.3) is 0 Å². The number of hydrogen-bond acceptors (Lipinski definition) is 7. The van der Waals surface area contributed by atoms with E-state index in [1.165, 1.54) is 0 Å². The van der Waals surface area contributed by atoms with Crippen LogP contribution in [-0.4, -0.2) is 58.8 Å². The number of fused-ring (bicyclic) bond motifs is 5. The Morgan fingerprint density at radius 3 is 2.30 bits per heavy atom. The van der Waals surface area contributed by atoms with Crippen molar-refractivity contribution in [3.63, 3.8) is 0 Å². The third kappa shape index (κ3) is 5.44. The Kier molecular flexibility index (Phi) is 8.81. The minimum atomic E-state index is -1.31. The number of carbonyl (C=O) groups is 2. The smallest absolute Gasteiger partial charge is 0.339 e. The highest BCUT2D eigenvalue weighted by molar-refractivity contribution is 5.89. The third-order valence-electron chi connectivity index (χ3n) is 11.8. The molecule has 2 aromatic carbocycles. The summed E-state index contributed by atoms with van der Waals surface area (Å²) in [6, 6.07) is 18.7. The Balaban J connectivity index is 1.47. The van der Waals surface area contributed by atoms with Crippen molar-refractivity contribution in [1.82, 2.24) is 0 Å². The lowest BCUT2D eigenvalue weighted by atomic mass is 9.46. The second-order valence-electron chi connectivity index (χ2n) is 14.5. The zero-order chi connectivity index (χ0) is 32.9. The molecule has 4 aliphatic rings. The normalized spacial score (nSPS) is 35.6. The molecule has 7 nitrogen and oxygen atoms in total. The Labute approximate surface area is 272 Å². The maximum Gasteiger partial charge on any atom is 0.339 e. The summed E-state index contributed by atoms with van der Waals surface area (Å²) in [6.07, 6.45) is 2.24. The molecule has 0 radical (unpaired) electrons. The first kappa shape index (κ1) is 32.7. The van der Waals surface area contributed by atoms with Gasteiger partial charge in [-0.1, -0.05) is 82.3 Å². The zero-order valence-electron chi connectivity index (χ0n) is 27.7. The van der Waals surface area contributed by atoms with Gasteiger partial charge in [0.1, 0.15) is 12.2 Å². The van der Waals surface area contributed by atoms with Gasteiger partial charge in [-0.05, 0) is 66.5 Å². The van der Waals surface area contributed by atoms with Gasteiger partial charge in [-0.2, -0.15) is 0 Å². The van der Waals surface area contributed by atoms with E-state index in [1.807, 2.05) is 64.1 Å². The number of allylic oxidation sites excluding steroid dienone is 1. The molecule has 0 spiro atoms. The number of ether oxygens (including phenoxy) is 3. The van der Waals surface area contributed by atoms with Crippen molar-refractivity contribution >= 4 is 11.9 Å². The van der Waals surface area contributed by atoms with Crippen molar-refractivity contribution in [2.45, 2.75) is 103 Å². The van der Waals surface area contributed by atoms with E-state index >= 15 is 0 Å². The summed E-state index contributed by atoms with van der Waals surface area (Å²) in [6.45, 7) is 10.7. The van der Waals surface area contributed by atoms with Crippen LogP contribution in [0.15, 0.2) is 83.5 Å². The molecule has 2 aromatic rings. The molecule has 3 fully saturated rings. The van der Waals surface area contributed by atoms with E-state index in [9.17, 15) is 19.8 Å². The lowest BCUT2D eigenvalue weighted by Gasteiger charge is -2.64. The lowest BCUT2D eigenvalue weighted by Crippen LogP contribution is -2.67. The van der Waals surface area contributed by atoms with Crippen LogP contribution in [0.25, 0.3) is 0 Å². The highest BCUT2D eigenvalue weighted by atomic mass is 16.6. The van der Waals surface area contributed by atoms with Crippen molar-refractivity contribution in [1.29, 1.82) is 0 Å². The molecule has 46 heavy (non-hydrogen) atoms. The van der Waals surface area contributed by atoms with Crippen LogP contribution in [-0.2, 0) is 25.4 Å². The molecule has 1 saturated heterocycles. The summed E-state index contributed by atoms with van der Waals surface area (Å²) >= 11 is 0. The van der Waals surface area contributed by atoms with Crippen LogP contribution in [0.2, 0.25) is 0 Å². The molecule has 2 N–H and O–H groups in total. The molecule has 0 aromatic heterocycles. The van der Waals surface area contributed by atoms with E-state index in [0.29, 0.717) is 37.9 Å². The topological polar surface area (TPSA) is 102 Å². The number of aliphatic hydroxyl groups is 2. The number of aliphatic hydroxyl groups excluding tert-OH is 1. The number of esters is 2. The van der Waals surface area contributed by atoms with Crippen molar-refractivity contribution in [3.8, 4) is 0 Å². The van der Waals surface area contributed by atoms with Crippen LogP contribution in [0.3, 0.4) is 0 Å². The van der Waals surface area contributed by atoms with Crippen molar-refractivity contribution in [2.24, 2.45) is 22.7 Å². The van der Waals surface area contributed by atoms with Gasteiger partial charge in [-0.25, -0.2) is 4.79 Å². The van der Waals surface area contributed by atoms with Gasteiger partial charge in [0.2, 0.25) is 0 Å². The van der Waals surface area contributed by atoms with Crippen molar-refractivity contribution in [3.05, 3.63) is 94.6 Å². The van der Waals surface area contributed by atoms with Crippen molar-refractivity contribution < 1.29 is 34.0 Å². The highest BCUT2D eigenvalue weighted by Gasteiger charge is 2.66. The van der Waals surface area contributed by atoms with Gasteiger partial charge in [0.15, 0.2) is 0 Å². The van der Waals surface area contributed by atoms with E-state index in [2.05, 4.69) is 13.0 Å². The molecule has 8 atom stereocenters. The Bertz CT molecular complexity index is 1510. The Morgan fingerprint density at radius 1 is 1.00 bits per heavy atom. The molecule has 2 saturated carbocycles. The number of rotatable bonds is 7. The van der Waals surface area contributed by atoms with Crippen LogP contribution < -0.4 is 0 Å². The summed E-state index contributed by atoms with van der Waals surface area (Å²) < 4.78 is 18.7. The van der Waals surface area contributed by atoms with Gasteiger partial charge in [0.05, 0.1) is 30.0 Å². The second-order valence-corrected chi connectivity index (χ2v) is 14.5. The number of benzene rings is 2. The van der Waals surface area contributed by atoms with E-state index in [0.717, 1.165) is 22.3 Å². The molecule has 7 heteroatoms. The Morgan fingerprint density at radius 2 is 1.67 bits per heavy atom. The number of carbonyl (C=O) groups excluding carboxylic acids is 2. The van der Waals surface area contributed by atoms with Crippen LogP contribution in [0, 0.1) is 22.7 Å². The monoisotopic (exact) mass is 628 g/mol. The van der Waals surface area contributed by atoms with Crippen LogP contribution in [0.1, 0.15) is 82.6 Å². The zero-order valence-corrected chi connectivity index (χ0v) is 27.7. The highest BCUT2D eigenvalue weighted by Crippen LogP contribution is 2.64. The van der Waals surface area contributed by atoms with Gasteiger partial charge in [0, 0.05) is 36.0 Å². The summed E-state index contributed by atoms with van der Waals surface area (Å²) in [7, 11) is 0. The fourth-order valence-electron chi connectivity index (χ4n) is 8.85. The molecular formula is C39H48O7. The predicted molar refractivity (Wildman–Crippen MR) is 175 cm³/mol. The summed E-state index contributed by atoms with van der Waals surface area (Å²) in [5.74, 6) is -0.826. The van der Waals surface area contributed by atoms with E-state index in [1.54, 1.807) is 24.3 Å². The predicted octanol–water partition coefficient (Wildman–Crippen LogP) is 6.38. The van der Waals surface area contributed by atoms with Gasteiger partial charge < -0.3 is 24.4 Å². The van der Waals surface area contributed by atoms with Crippen LogP contribution >= 0.6 is 0 Å². The second kappa shape index (κ2) is 12.4. The molecule has 3 aliphatic carbocycles. The maximum absolute atomic E-state index is 13.9. The SMILES string of the molecule is CC/C=C1\C(OC(=O)c2ccccc2)C2=C(C)[C@@H](OC(=O)CCc3ccccc3)CC(O)(CC3C4COC4CC(O)C13C)C2(C)C. The Hall–Kier alpha value is -3.26. The fourth-order valence-corrected chi connectivity index (χ4v) is 8.85. The molecule has 2 bridgehead atoms. The minimum Gasteiger partial charge on any atom is -0.458 e. The van der Waals surface area contributed by atoms with Gasteiger partial charge in [-0.3, -0.25) is 4.79 Å². The fraction of sp³-hybridized carbons (Fsp3) is 0.538. The van der Waals surface area contributed by atoms with E-state index in [-0.39, 0.29) is 36.8 Å². The largest absolute Gasteiger partial charge is 0.458 e. The average Bonchev–Trinajstić information content (AvgIpc) is 3.02. The quantitative estimate of drug-likeness (QED) is 0.271. The first-order chi connectivity index (χ1) is 21.9. The standard InChI is InChI=1S/C39H48O7/c1-6-13-28-35(46-36(42)26-16-11-8-12-17-26)34-24(2)31(45-33(41)19-18-25-14-9-7-10-15-25)22-39(43,37(34,3)4)21-29-27-23-44-30(27)20-32(40)38(28,29)5/h7-17,27,29-32,35,40,43H,6,18-23H2,1-5H3/b28-13+/t27?,29?,30?,31-,32?,35?,38?,39?/m0/s1. The van der Waals surface area contributed by atoms with Gasteiger partial charge >= 0.3 is 11.9 Å². The third-order valence-corrected chi connectivity index (χ3v) is 11.8. The first-order valence-corrected chi connectivity index (χ1v) is 16.8. The molecule has 1 aliphatic heterocycles. The van der Waals surface area contributed by atoms with Crippen molar-refractivity contribution in [2.75, 3.05) is 6.61 Å². The molecule has 6 rings (SSSR count). The lowest BCUT2D eigenvalue weighted by molar-refractivity contribution is -0.239. The van der Waals surface area contributed by atoms with Gasteiger partial charge in [-0.15, -0.1) is 0 Å². The van der Waals surface area contributed by atoms with Crippen LogP contribution in [0.5, 0.6) is 0 Å². The molecule has 1 heterocycles. The summed E-state index contributed by atoms with van der Waals surface area (Å²) in [5, 5.41) is 24.8.